The number of aryl methyl sites for hydroxylation is 1. The van der Waals surface area contributed by atoms with Gasteiger partial charge in [0.05, 0.1) is 11.5 Å². The molecule has 0 aliphatic rings. The fourth-order valence-corrected chi connectivity index (χ4v) is 2.71. The van der Waals surface area contributed by atoms with Gasteiger partial charge in [-0.2, -0.15) is 0 Å². The summed E-state index contributed by atoms with van der Waals surface area (Å²) in [6.45, 7) is 3.73. The molecule has 6 heteroatoms. The Kier molecular flexibility index (Phi) is 3.29. The lowest BCUT2D eigenvalue weighted by atomic mass is 10.1. The molecule has 0 aliphatic carbocycles. The molecule has 2 aromatic rings. The van der Waals surface area contributed by atoms with Gasteiger partial charge in [-0.15, -0.1) is 11.3 Å². The first kappa shape index (κ1) is 12.5. The van der Waals surface area contributed by atoms with Gasteiger partial charge in [-0.25, -0.2) is 4.79 Å². The van der Waals surface area contributed by atoms with Crippen molar-refractivity contribution >= 4 is 33.1 Å². The number of ether oxygens (including phenoxy) is 1. The first-order valence-corrected chi connectivity index (χ1v) is 6.20. The second-order valence-electron chi connectivity index (χ2n) is 3.76. The van der Waals surface area contributed by atoms with Crippen molar-refractivity contribution in [1.82, 2.24) is 0 Å². The van der Waals surface area contributed by atoms with Crippen LogP contribution >= 0.6 is 11.3 Å². The molecule has 0 radical (unpaired) electrons. The van der Waals surface area contributed by atoms with Crippen molar-refractivity contribution in [1.29, 1.82) is 0 Å². The zero-order valence-corrected chi connectivity index (χ0v) is 10.7. The summed E-state index contributed by atoms with van der Waals surface area (Å²) in [6, 6.07) is 4.84. The van der Waals surface area contributed by atoms with Gasteiger partial charge in [0.1, 0.15) is 4.88 Å². The number of benzene rings is 1. The standard InChI is InChI=1S/C12H11NO4S/c1-3-17-12(14)11-6-8-5-9(13(15)16)7(2)4-10(8)18-11/h4-6H,3H2,1-2H3. The number of thiophene rings is 1. The van der Waals surface area contributed by atoms with Gasteiger partial charge < -0.3 is 4.74 Å². The smallest absolute Gasteiger partial charge is 0.348 e. The van der Waals surface area contributed by atoms with Crippen LogP contribution in [0.15, 0.2) is 18.2 Å². The molecule has 0 bridgehead atoms. The quantitative estimate of drug-likeness (QED) is 0.485. The zero-order chi connectivity index (χ0) is 13.3. The molecule has 2 rings (SSSR count). The van der Waals surface area contributed by atoms with Crippen LogP contribution in [0.2, 0.25) is 0 Å². The number of hydrogen-bond acceptors (Lipinski definition) is 5. The van der Waals surface area contributed by atoms with E-state index in [-0.39, 0.29) is 11.7 Å². The minimum atomic E-state index is -0.420. The van der Waals surface area contributed by atoms with Crippen LogP contribution in [0.4, 0.5) is 5.69 Å². The molecule has 1 aromatic carbocycles. The first-order valence-electron chi connectivity index (χ1n) is 5.38. The minimum absolute atomic E-state index is 0.0655. The number of esters is 1. The van der Waals surface area contributed by atoms with Crippen molar-refractivity contribution in [2.75, 3.05) is 6.61 Å². The van der Waals surface area contributed by atoms with Gasteiger partial charge in [-0.1, -0.05) is 0 Å². The third-order valence-electron chi connectivity index (χ3n) is 2.51. The highest BCUT2D eigenvalue weighted by Gasteiger charge is 2.16. The molecule has 18 heavy (non-hydrogen) atoms. The maximum Gasteiger partial charge on any atom is 0.348 e. The maximum absolute atomic E-state index is 11.6. The molecule has 94 valence electrons. The fourth-order valence-electron chi connectivity index (χ4n) is 1.68. The van der Waals surface area contributed by atoms with Crippen LogP contribution < -0.4 is 0 Å². The van der Waals surface area contributed by atoms with E-state index in [1.807, 2.05) is 0 Å². The lowest BCUT2D eigenvalue weighted by Gasteiger charge is -1.96. The Hall–Kier alpha value is -1.95. The van der Waals surface area contributed by atoms with E-state index < -0.39 is 4.92 Å². The van der Waals surface area contributed by atoms with Crippen LogP contribution in [0.3, 0.4) is 0 Å². The molecule has 0 atom stereocenters. The molecule has 1 heterocycles. The topological polar surface area (TPSA) is 69.4 Å². The Morgan fingerprint density at radius 1 is 1.44 bits per heavy atom. The minimum Gasteiger partial charge on any atom is -0.462 e. The van der Waals surface area contributed by atoms with E-state index in [0.717, 1.165) is 4.70 Å². The summed E-state index contributed by atoms with van der Waals surface area (Å²) in [5.74, 6) is -0.390. The van der Waals surface area contributed by atoms with E-state index in [1.54, 1.807) is 26.0 Å². The second-order valence-corrected chi connectivity index (χ2v) is 4.85. The predicted molar refractivity (Wildman–Crippen MR) is 69.2 cm³/mol. The van der Waals surface area contributed by atoms with Crippen molar-refractivity contribution < 1.29 is 14.5 Å². The molecule has 0 aliphatic heterocycles. The highest BCUT2D eigenvalue weighted by atomic mass is 32.1. The average molecular weight is 265 g/mol. The van der Waals surface area contributed by atoms with Crippen LogP contribution in [-0.4, -0.2) is 17.5 Å². The number of fused-ring (bicyclic) bond motifs is 1. The summed E-state index contributed by atoms with van der Waals surface area (Å²) in [4.78, 5) is 22.4. The Morgan fingerprint density at radius 3 is 2.78 bits per heavy atom. The van der Waals surface area contributed by atoms with Crippen LogP contribution in [-0.2, 0) is 4.74 Å². The van der Waals surface area contributed by atoms with E-state index in [1.165, 1.54) is 17.4 Å². The Labute approximate surface area is 107 Å². The number of nitro benzene ring substituents is 1. The van der Waals surface area contributed by atoms with E-state index in [9.17, 15) is 14.9 Å². The molecular formula is C12H11NO4S. The number of carbonyl (C=O) groups excluding carboxylic acids is 1. The Bertz CT molecular complexity index is 632. The highest BCUT2D eigenvalue weighted by molar-refractivity contribution is 7.20. The van der Waals surface area contributed by atoms with Crippen molar-refractivity contribution in [2.45, 2.75) is 13.8 Å². The molecule has 0 saturated carbocycles. The molecule has 0 unspecified atom stereocenters. The van der Waals surface area contributed by atoms with Gasteiger partial charge in [-0.3, -0.25) is 10.1 Å². The van der Waals surface area contributed by atoms with Crippen molar-refractivity contribution in [3.8, 4) is 0 Å². The van der Waals surface area contributed by atoms with Crippen LogP contribution in [0.1, 0.15) is 22.2 Å². The van der Waals surface area contributed by atoms with E-state index in [2.05, 4.69) is 0 Å². The Morgan fingerprint density at radius 2 is 2.17 bits per heavy atom. The summed E-state index contributed by atoms with van der Waals surface area (Å²) in [7, 11) is 0. The van der Waals surface area contributed by atoms with Crippen molar-refractivity contribution in [3.05, 3.63) is 38.8 Å². The van der Waals surface area contributed by atoms with Crippen LogP contribution in [0.5, 0.6) is 0 Å². The summed E-state index contributed by atoms with van der Waals surface area (Å²) >= 11 is 1.28. The monoisotopic (exact) mass is 265 g/mol. The van der Waals surface area contributed by atoms with Gasteiger partial charge in [0.25, 0.3) is 5.69 Å². The average Bonchev–Trinajstić information content (AvgIpc) is 2.70. The number of rotatable bonds is 3. The summed E-state index contributed by atoms with van der Waals surface area (Å²) in [5, 5.41) is 11.5. The van der Waals surface area contributed by atoms with Crippen LogP contribution in [0.25, 0.3) is 10.1 Å². The number of nitrogens with zero attached hydrogens (tertiary/aromatic N) is 1. The molecule has 1 aromatic heterocycles. The number of carbonyl (C=O) groups is 1. The van der Waals surface area contributed by atoms with Gasteiger partial charge in [-0.05, 0) is 26.0 Å². The fraction of sp³-hybridized carbons (Fsp3) is 0.250. The number of hydrogen-bond donors (Lipinski definition) is 0. The second kappa shape index (κ2) is 4.73. The third-order valence-corrected chi connectivity index (χ3v) is 3.59. The molecule has 5 nitrogen and oxygen atoms in total. The number of nitro groups is 1. The Balaban J connectivity index is 2.52. The van der Waals surface area contributed by atoms with Gasteiger partial charge in [0.15, 0.2) is 0 Å². The van der Waals surface area contributed by atoms with Gasteiger partial charge in [0, 0.05) is 21.7 Å². The maximum atomic E-state index is 11.6. The SMILES string of the molecule is CCOC(=O)c1cc2cc([N+](=O)[O-])c(C)cc2s1. The van der Waals surface area contributed by atoms with Crippen molar-refractivity contribution in [3.63, 3.8) is 0 Å². The summed E-state index contributed by atoms with van der Waals surface area (Å²) < 4.78 is 5.75. The normalized spacial score (nSPS) is 10.6. The van der Waals surface area contributed by atoms with Gasteiger partial charge in [0.2, 0.25) is 0 Å². The molecular weight excluding hydrogens is 254 g/mol. The predicted octanol–water partition coefficient (Wildman–Crippen LogP) is 3.29. The third kappa shape index (κ3) is 2.19. The van der Waals surface area contributed by atoms with Crippen LogP contribution in [0, 0.1) is 17.0 Å². The molecule has 0 fully saturated rings. The zero-order valence-electron chi connectivity index (χ0n) is 9.93. The van der Waals surface area contributed by atoms with E-state index in [4.69, 9.17) is 4.74 Å². The molecule has 0 spiro atoms. The highest BCUT2D eigenvalue weighted by Crippen LogP contribution is 2.31. The van der Waals surface area contributed by atoms with E-state index >= 15 is 0 Å². The van der Waals surface area contributed by atoms with Crippen molar-refractivity contribution in [2.24, 2.45) is 0 Å². The first-order chi connectivity index (χ1) is 8.52. The lowest BCUT2D eigenvalue weighted by Crippen LogP contribution is -2.01. The summed E-state index contributed by atoms with van der Waals surface area (Å²) in [6.07, 6.45) is 0. The summed E-state index contributed by atoms with van der Waals surface area (Å²) in [5.41, 5.74) is 0.653. The van der Waals surface area contributed by atoms with E-state index in [0.29, 0.717) is 22.4 Å². The largest absolute Gasteiger partial charge is 0.462 e. The van der Waals surface area contributed by atoms with Gasteiger partial charge >= 0.3 is 5.97 Å². The molecule has 0 N–H and O–H groups in total. The lowest BCUT2D eigenvalue weighted by molar-refractivity contribution is -0.385. The molecule has 0 amide bonds. The molecule has 0 saturated heterocycles.